The van der Waals surface area contributed by atoms with Crippen LogP contribution in [0.15, 0.2) is 0 Å². The van der Waals surface area contributed by atoms with Crippen LogP contribution in [-0.2, 0) is 0 Å². The van der Waals surface area contributed by atoms with Gasteiger partial charge in [0, 0.05) is 31.2 Å². The molecule has 0 aliphatic carbocycles. The first kappa shape index (κ1) is 14.7. The Labute approximate surface area is 117 Å². The zero-order valence-electron chi connectivity index (χ0n) is 12.3. The molecule has 0 radical (unpaired) electrons. The number of nitrogens with zero attached hydrogens (tertiary/aromatic N) is 1. The van der Waals surface area contributed by atoms with E-state index in [0.717, 1.165) is 24.0 Å². The minimum Gasteiger partial charge on any atom is -0.311 e. The summed E-state index contributed by atoms with van der Waals surface area (Å²) in [6.45, 7) is 9.56. The van der Waals surface area contributed by atoms with Crippen molar-refractivity contribution in [3.8, 4) is 0 Å². The summed E-state index contributed by atoms with van der Waals surface area (Å²) in [4.78, 5) is 2.86. The average Bonchev–Trinajstić information content (AvgIpc) is 2.40. The molecular weight excluding hydrogens is 240 g/mol. The van der Waals surface area contributed by atoms with E-state index in [4.69, 9.17) is 0 Å². The van der Waals surface area contributed by atoms with E-state index in [2.05, 4.69) is 42.7 Å². The lowest BCUT2D eigenvalue weighted by Gasteiger charge is -2.47. The maximum Gasteiger partial charge on any atom is 0.0247 e. The van der Waals surface area contributed by atoms with Crippen molar-refractivity contribution in [3.05, 3.63) is 0 Å². The molecule has 2 atom stereocenters. The number of thioether (sulfide) groups is 1. The molecule has 2 unspecified atom stereocenters. The molecule has 0 amide bonds. The largest absolute Gasteiger partial charge is 0.311 e. The Hall–Kier alpha value is 0.270. The van der Waals surface area contributed by atoms with Crippen molar-refractivity contribution in [2.45, 2.75) is 64.6 Å². The van der Waals surface area contributed by atoms with Crippen LogP contribution < -0.4 is 5.32 Å². The summed E-state index contributed by atoms with van der Waals surface area (Å²) in [5.41, 5.74) is 0. The molecule has 2 aliphatic rings. The minimum atomic E-state index is 0.736. The molecule has 2 fully saturated rings. The number of rotatable bonds is 4. The minimum absolute atomic E-state index is 0.736. The summed E-state index contributed by atoms with van der Waals surface area (Å²) in [5.74, 6) is 3.52. The summed E-state index contributed by atoms with van der Waals surface area (Å²) in [7, 11) is 0. The van der Waals surface area contributed by atoms with Crippen molar-refractivity contribution in [2.24, 2.45) is 5.92 Å². The van der Waals surface area contributed by atoms with E-state index in [0.29, 0.717) is 0 Å². The lowest BCUT2D eigenvalue weighted by Crippen LogP contribution is -2.61. The number of hydrogen-bond donors (Lipinski definition) is 1. The molecule has 2 saturated heterocycles. The van der Waals surface area contributed by atoms with E-state index in [1.807, 2.05) is 0 Å². The first-order chi connectivity index (χ1) is 8.72. The lowest BCUT2D eigenvalue weighted by atomic mass is 9.93. The summed E-state index contributed by atoms with van der Waals surface area (Å²) in [5, 5.41) is 3.77. The summed E-state index contributed by atoms with van der Waals surface area (Å²) in [6, 6.07) is 2.35. The van der Waals surface area contributed by atoms with Gasteiger partial charge in [0.15, 0.2) is 0 Å². The Kier molecular flexibility index (Phi) is 5.84. The second kappa shape index (κ2) is 7.16. The van der Waals surface area contributed by atoms with Gasteiger partial charge in [-0.05, 0) is 36.7 Å². The quantitative estimate of drug-likeness (QED) is 0.845. The SMILES string of the molecule is CCCC1CN(C2CCSCC2)C(C(C)C)CN1. The van der Waals surface area contributed by atoms with Crippen LogP contribution in [0.2, 0.25) is 0 Å². The molecule has 0 saturated carbocycles. The van der Waals surface area contributed by atoms with Crippen LogP contribution in [0.3, 0.4) is 0 Å². The van der Waals surface area contributed by atoms with Gasteiger partial charge in [0.2, 0.25) is 0 Å². The van der Waals surface area contributed by atoms with Crippen LogP contribution in [0, 0.1) is 5.92 Å². The molecule has 0 aromatic rings. The second-order valence-corrected chi connectivity index (χ2v) is 7.47. The predicted octanol–water partition coefficient (Wildman–Crippen LogP) is 2.98. The van der Waals surface area contributed by atoms with Crippen LogP contribution in [0.4, 0.5) is 0 Å². The van der Waals surface area contributed by atoms with Gasteiger partial charge in [-0.1, -0.05) is 27.2 Å². The topological polar surface area (TPSA) is 15.3 Å². The third-order valence-corrected chi connectivity index (χ3v) is 5.59. The Morgan fingerprint density at radius 2 is 2.00 bits per heavy atom. The number of piperazine rings is 1. The summed E-state index contributed by atoms with van der Waals surface area (Å²) in [6.07, 6.45) is 5.46. The monoisotopic (exact) mass is 270 g/mol. The average molecular weight is 270 g/mol. The molecule has 2 rings (SSSR count). The van der Waals surface area contributed by atoms with Crippen molar-refractivity contribution in [3.63, 3.8) is 0 Å². The molecule has 0 aromatic heterocycles. The van der Waals surface area contributed by atoms with Crippen LogP contribution in [-0.4, -0.2) is 47.6 Å². The van der Waals surface area contributed by atoms with E-state index in [-0.39, 0.29) is 0 Å². The summed E-state index contributed by atoms with van der Waals surface area (Å²) >= 11 is 2.14. The zero-order chi connectivity index (χ0) is 13.0. The highest BCUT2D eigenvalue weighted by molar-refractivity contribution is 7.99. The van der Waals surface area contributed by atoms with Gasteiger partial charge in [-0.3, -0.25) is 4.90 Å². The van der Waals surface area contributed by atoms with Crippen LogP contribution in [0.25, 0.3) is 0 Å². The van der Waals surface area contributed by atoms with Crippen LogP contribution >= 0.6 is 11.8 Å². The van der Waals surface area contributed by atoms with Gasteiger partial charge < -0.3 is 5.32 Å². The molecular formula is C15H30N2S. The maximum atomic E-state index is 3.77. The van der Waals surface area contributed by atoms with Gasteiger partial charge >= 0.3 is 0 Å². The standard InChI is InChI=1S/C15H30N2S/c1-4-5-13-11-17(14-6-8-18-9-7-14)15(10-16-13)12(2)3/h12-16H,4-11H2,1-3H3. The van der Waals surface area contributed by atoms with Gasteiger partial charge in [-0.25, -0.2) is 0 Å². The third kappa shape index (κ3) is 3.64. The van der Waals surface area contributed by atoms with Crippen molar-refractivity contribution in [2.75, 3.05) is 24.6 Å². The molecule has 18 heavy (non-hydrogen) atoms. The molecule has 3 heteroatoms. The number of nitrogens with one attached hydrogen (secondary N) is 1. The lowest BCUT2D eigenvalue weighted by molar-refractivity contribution is 0.0497. The fraction of sp³-hybridized carbons (Fsp3) is 1.00. The molecule has 0 spiro atoms. The highest BCUT2D eigenvalue weighted by Gasteiger charge is 2.34. The highest BCUT2D eigenvalue weighted by atomic mass is 32.2. The highest BCUT2D eigenvalue weighted by Crippen LogP contribution is 2.27. The van der Waals surface area contributed by atoms with Crippen molar-refractivity contribution in [1.82, 2.24) is 10.2 Å². The van der Waals surface area contributed by atoms with Crippen molar-refractivity contribution in [1.29, 1.82) is 0 Å². The zero-order valence-corrected chi connectivity index (χ0v) is 13.1. The van der Waals surface area contributed by atoms with E-state index >= 15 is 0 Å². The van der Waals surface area contributed by atoms with Crippen molar-refractivity contribution >= 4 is 11.8 Å². The smallest absolute Gasteiger partial charge is 0.0247 e. The third-order valence-electron chi connectivity index (χ3n) is 4.54. The Morgan fingerprint density at radius 3 is 2.61 bits per heavy atom. The fourth-order valence-electron chi connectivity index (χ4n) is 3.46. The second-order valence-electron chi connectivity index (χ2n) is 6.25. The van der Waals surface area contributed by atoms with Gasteiger partial charge in [-0.15, -0.1) is 0 Å². The Balaban J connectivity index is 1.99. The van der Waals surface area contributed by atoms with Gasteiger partial charge in [0.1, 0.15) is 0 Å². The molecule has 2 heterocycles. The predicted molar refractivity (Wildman–Crippen MR) is 82.4 cm³/mol. The Bertz CT molecular complexity index is 239. The number of hydrogen-bond acceptors (Lipinski definition) is 3. The van der Waals surface area contributed by atoms with E-state index in [9.17, 15) is 0 Å². The van der Waals surface area contributed by atoms with Gasteiger partial charge in [0.05, 0.1) is 0 Å². The van der Waals surface area contributed by atoms with Gasteiger partial charge in [-0.2, -0.15) is 11.8 Å². The van der Waals surface area contributed by atoms with Gasteiger partial charge in [0.25, 0.3) is 0 Å². The first-order valence-corrected chi connectivity index (χ1v) is 8.94. The van der Waals surface area contributed by atoms with Crippen LogP contribution in [0.5, 0.6) is 0 Å². The molecule has 2 aliphatic heterocycles. The molecule has 0 aromatic carbocycles. The van der Waals surface area contributed by atoms with E-state index in [1.165, 1.54) is 50.3 Å². The van der Waals surface area contributed by atoms with E-state index < -0.39 is 0 Å². The van der Waals surface area contributed by atoms with Crippen LogP contribution in [0.1, 0.15) is 46.5 Å². The van der Waals surface area contributed by atoms with Crippen molar-refractivity contribution < 1.29 is 0 Å². The maximum absolute atomic E-state index is 3.77. The molecule has 1 N–H and O–H groups in total. The normalized spacial score (nSPS) is 32.0. The molecule has 0 bridgehead atoms. The first-order valence-electron chi connectivity index (χ1n) is 7.79. The molecule has 2 nitrogen and oxygen atoms in total. The Morgan fingerprint density at radius 1 is 1.28 bits per heavy atom. The van der Waals surface area contributed by atoms with E-state index in [1.54, 1.807) is 0 Å². The fourth-order valence-corrected chi connectivity index (χ4v) is 4.54. The summed E-state index contributed by atoms with van der Waals surface area (Å²) < 4.78 is 0. The molecule has 106 valence electrons.